The number of benzene rings is 3. The molecule has 0 aliphatic heterocycles. The van der Waals surface area contributed by atoms with Crippen LogP contribution < -0.4 is 10.2 Å². The van der Waals surface area contributed by atoms with Gasteiger partial charge in [0.05, 0.1) is 13.0 Å². The number of hydrogen-bond acceptors (Lipinski definition) is 4. The van der Waals surface area contributed by atoms with E-state index in [1.54, 1.807) is 10.3 Å². The Morgan fingerprint density at radius 2 is 1.39 bits per heavy atom. The molecule has 0 aliphatic rings. The van der Waals surface area contributed by atoms with E-state index in [0.717, 1.165) is 16.8 Å². The Hall–Kier alpha value is -3.77. The van der Waals surface area contributed by atoms with Crippen LogP contribution in [0.2, 0.25) is 0 Å². The summed E-state index contributed by atoms with van der Waals surface area (Å²) >= 11 is 1.25. The summed E-state index contributed by atoms with van der Waals surface area (Å²) in [6.07, 6.45) is 0.258. The first-order valence-corrected chi connectivity index (χ1v) is 10.8. The van der Waals surface area contributed by atoms with Crippen LogP contribution in [0, 0.1) is 0 Å². The second-order valence-electron chi connectivity index (χ2n) is 6.96. The third-order valence-corrected chi connectivity index (χ3v) is 5.43. The first kappa shape index (κ1) is 20.5. The zero-order valence-electron chi connectivity index (χ0n) is 16.8. The number of aromatic nitrogens is 1. The van der Waals surface area contributed by atoms with Gasteiger partial charge in [0.15, 0.2) is 5.13 Å². The molecule has 154 valence electrons. The summed E-state index contributed by atoms with van der Waals surface area (Å²) in [4.78, 5) is 31.7. The quantitative estimate of drug-likeness (QED) is 0.442. The molecule has 31 heavy (non-hydrogen) atoms. The van der Waals surface area contributed by atoms with Crippen LogP contribution in [0.25, 0.3) is 0 Å². The minimum absolute atomic E-state index is 0.163. The predicted octanol–water partition coefficient (Wildman–Crippen LogP) is 5.17. The molecule has 5 nitrogen and oxygen atoms in total. The molecule has 6 heteroatoms. The van der Waals surface area contributed by atoms with Crippen LogP contribution in [-0.4, -0.2) is 16.8 Å². The van der Waals surface area contributed by atoms with E-state index in [1.165, 1.54) is 11.3 Å². The molecule has 0 atom stereocenters. The van der Waals surface area contributed by atoms with E-state index in [0.29, 0.717) is 17.4 Å². The molecule has 4 aromatic rings. The van der Waals surface area contributed by atoms with Crippen molar-refractivity contribution in [2.24, 2.45) is 0 Å². The first-order valence-electron chi connectivity index (χ1n) is 9.89. The number of thiazole rings is 1. The zero-order valence-corrected chi connectivity index (χ0v) is 17.6. The lowest BCUT2D eigenvalue weighted by Gasteiger charge is -2.22. The standard InChI is InChI=1S/C25H21N3O2S/c29-23(16-19-10-4-1-5-11-19)27-25-26-22(18-31-25)24(30)28(21-14-8-3-9-15-21)17-20-12-6-2-7-13-20/h1-15,18H,16-17H2,(H,26,27,29). The Morgan fingerprint density at radius 3 is 2.03 bits per heavy atom. The van der Waals surface area contributed by atoms with Gasteiger partial charge in [-0.2, -0.15) is 0 Å². The average Bonchev–Trinajstić information content (AvgIpc) is 3.27. The van der Waals surface area contributed by atoms with Gasteiger partial charge in [0.25, 0.3) is 5.91 Å². The van der Waals surface area contributed by atoms with E-state index in [4.69, 9.17) is 0 Å². The van der Waals surface area contributed by atoms with Gasteiger partial charge in [-0.1, -0.05) is 78.9 Å². The van der Waals surface area contributed by atoms with Gasteiger partial charge in [-0.3, -0.25) is 9.59 Å². The molecule has 3 aromatic carbocycles. The van der Waals surface area contributed by atoms with Crippen molar-refractivity contribution >= 4 is 34.0 Å². The van der Waals surface area contributed by atoms with E-state index >= 15 is 0 Å². The van der Waals surface area contributed by atoms with Crippen molar-refractivity contribution in [1.29, 1.82) is 0 Å². The molecule has 0 unspecified atom stereocenters. The third kappa shape index (κ3) is 5.43. The van der Waals surface area contributed by atoms with E-state index in [9.17, 15) is 9.59 Å². The molecule has 0 aliphatic carbocycles. The Bertz CT molecular complexity index is 1150. The summed E-state index contributed by atoms with van der Waals surface area (Å²) in [6, 6.07) is 28.8. The number of amides is 2. The summed E-state index contributed by atoms with van der Waals surface area (Å²) in [5.41, 5.74) is 3.04. The predicted molar refractivity (Wildman–Crippen MR) is 124 cm³/mol. The highest BCUT2D eigenvalue weighted by Gasteiger charge is 2.21. The van der Waals surface area contributed by atoms with Crippen molar-refractivity contribution < 1.29 is 9.59 Å². The average molecular weight is 428 g/mol. The molecular weight excluding hydrogens is 406 g/mol. The first-order chi connectivity index (χ1) is 15.2. The third-order valence-electron chi connectivity index (χ3n) is 4.67. The lowest BCUT2D eigenvalue weighted by atomic mass is 10.1. The molecule has 0 saturated heterocycles. The summed E-state index contributed by atoms with van der Waals surface area (Å²) in [7, 11) is 0. The second kappa shape index (κ2) is 9.82. The molecule has 0 saturated carbocycles. The number of anilines is 2. The monoisotopic (exact) mass is 427 g/mol. The Labute approximate surface area is 185 Å². The number of rotatable bonds is 7. The molecule has 0 radical (unpaired) electrons. The SMILES string of the molecule is O=C(Cc1ccccc1)Nc1nc(C(=O)N(Cc2ccccc2)c2ccccc2)cs1. The highest BCUT2D eigenvalue weighted by molar-refractivity contribution is 7.14. The van der Waals surface area contributed by atoms with E-state index in [-0.39, 0.29) is 18.2 Å². The number of carbonyl (C=O) groups is 2. The van der Waals surface area contributed by atoms with Crippen molar-refractivity contribution in [1.82, 2.24) is 4.98 Å². The van der Waals surface area contributed by atoms with Crippen LogP contribution in [0.15, 0.2) is 96.4 Å². The molecule has 0 bridgehead atoms. The number of nitrogens with zero attached hydrogens (tertiary/aromatic N) is 2. The van der Waals surface area contributed by atoms with Crippen LogP contribution in [-0.2, 0) is 17.8 Å². The van der Waals surface area contributed by atoms with Crippen molar-refractivity contribution in [3.63, 3.8) is 0 Å². The van der Waals surface area contributed by atoms with Crippen LogP contribution >= 0.6 is 11.3 Å². The molecule has 0 spiro atoms. The Kier molecular flexibility index (Phi) is 6.50. The van der Waals surface area contributed by atoms with Crippen molar-refractivity contribution in [2.45, 2.75) is 13.0 Å². The van der Waals surface area contributed by atoms with Crippen LogP contribution in [0.3, 0.4) is 0 Å². The molecule has 4 rings (SSSR count). The van der Waals surface area contributed by atoms with Gasteiger partial charge in [-0.15, -0.1) is 11.3 Å². The molecule has 1 N–H and O–H groups in total. The number of nitrogens with one attached hydrogen (secondary N) is 1. The Balaban J connectivity index is 1.50. The van der Waals surface area contributed by atoms with Gasteiger partial charge < -0.3 is 10.2 Å². The Morgan fingerprint density at radius 1 is 0.806 bits per heavy atom. The second-order valence-corrected chi connectivity index (χ2v) is 7.82. The lowest BCUT2D eigenvalue weighted by molar-refractivity contribution is -0.115. The summed E-state index contributed by atoms with van der Waals surface area (Å²) in [5.74, 6) is -0.376. The highest BCUT2D eigenvalue weighted by atomic mass is 32.1. The van der Waals surface area contributed by atoms with E-state index in [2.05, 4.69) is 10.3 Å². The number of para-hydroxylation sites is 1. The smallest absolute Gasteiger partial charge is 0.278 e. The number of hydrogen-bond donors (Lipinski definition) is 1. The maximum absolute atomic E-state index is 13.3. The number of carbonyl (C=O) groups excluding carboxylic acids is 2. The van der Waals surface area contributed by atoms with Crippen LogP contribution in [0.4, 0.5) is 10.8 Å². The summed E-state index contributed by atoms with van der Waals surface area (Å²) in [6.45, 7) is 0.427. The fraction of sp³-hybridized carbons (Fsp3) is 0.0800. The maximum Gasteiger partial charge on any atom is 0.278 e. The minimum Gasteiger partial charge on any atom is -0.303 e. The van der Waals surface area contributed by atoms with E-state index < -0.39 is 0 Å². The molecule has 1 heterocycles. The molecular formula is C25H21N3O2S. The molecule has 0 fully saturated rings. The summed E-state index contributed by atoms with van der Waals surface area (Å²) in [5, 5.41) is 4.89. The minimum atomic E-state index is -0.213. The zero-order chi connectivity index (χ0) is 21.5. The van der Waals surface area contributed by atoms with E-state index in [1.807, 2.05) is 91.0 Å². The summed E-state index contributed by atoms with van der Waals surface area (Å²) < 4.78 is 0. The van der Waals surface area contributed by atoms with Crippen molar-refractivity contribution in [2.75, 3.05) is 10.2 Å². The molecule has 2 amide bonds. The fourth-order valence-corrected chi connectivity index (χ4v) is 3.87. The van der Waals surface area contributed by atoms with Gasteiger partial charge in [-0.25, -0.2) is 4.98 Å². The normalized spacial score (nSPS) is 10.5. The largest absolute Gasteiger partial charge is 0.303 e. The van der Waals surface area contributed by atoms with Gasteiger partial charge in [0, 0.05) is 11.1 Å². The fourth-order valence-electron chi connectivity index (χ4n) is 3.17. The van der Waals surface area contributed by atoms with Gasteiger partial charge in [0.1, 0.15) is 5.69 Å². The molecule has 1 aromatic heterocycles. The maximum atomic E-state index is 13.3. The lowest BCUT2D eigenvalue weighted by Crippen LogP contribution is -2.30. The van der Waals surface area contributed by atoms with Gasteiger partial charge in [-0.05, 0) is 23.3 Å². The van der Waals surface area contributed by atoms with Crippen molar-refractivity contribution in [3.8, 4) is 0 Å². The van der Waals surface area contributed by atoms with Gasteiger partial charge in [0.2, 0.25) is 5.91 Å². The topological polar surface area (TPSA) is 62.3 Å². The van der Waals surface area contributed by atoms with Crippen LogP contribution in [0.5, 0.6) is 0 Å². The van der Waals surface area contributed by atoms with Crippen molar-refractivity contribution in [3.05, 3.63) is 113 Å². The van der Waals surface area contributed by atoms with Gasteiger partial charge >= 0.3 is 0 Å². The van der Waals surface area contributed by atoms with Crippen LogP contribution in [0.1, 0.15) is 21.6 Å². The highest BCUT2D eigenvalue weighted by Crippen LogP contribution is 2.23.